The third-order valence-electron chi connectivity index (χ3n) is 2.71. The molecule has 0 aliphatic rings. The van der Waals surface area contributed by atoms with Crippen LogP contribution in [0.15, 0.2) is 29.2 Å². The summed E-state index contributed by atoms with van der Waals surface area (Å²) in [6, 6.07) is 6.15. The van der Waals surface area contributed by atoms with Gasteiger partial charge in [-0.3, -0.25) is 8.98 Å². The molecule has 1 rings (SSSR count). The SMILES string of the molecule is Cc1ccc(S(=O)(=O)OC[C@@H](O)CC(=O)OCC(C)C)cc1. The number of esters is 1. The van der Waals surface area contributed by atoms with Crippen LogP contribution in [0.5, 0.6) is 0 Å². The van der Waals surface area contributed by atoms with Crippen LogP contribution in [0, 0.1) is 12.8 Å². The van der Waals surface area contributed by atoms with Crippen molar-refractivity contribution in [3.63, 3.8) is 0 Å². The van der Waals surface area contributed by atoms with Crippen LogP contribution in [0.25, 0.3) is 0 Å². The summed E-state index contributed by atoms with van der Waals surface area (Å²) in [5.41, 5.74) is 0.923. The second-order valence-corrected chi connectivity index (χ2v) is 7.10. The summed E-state index contributed by atoms with van der Waals surface area (Å²) in [5.74, 6) is -0.392. The molecule has 7 heteroatoms. The molecule has 0 spiro atoms. The predicted molar refractivity (Wildman–Crippen MR) is 80.7 cm³/mol. The number of ether oxygens (including phenoxy) is 1. The highest BCUT2D eigenvalue weighted by Crippen LogP contribution is 2.14. The third-order valence-corrected chi connectivity index (χ3v) is 4.00. The maximum Gasteiger partial charge on any atom is 0.308 e. The van der Waals surface area contributed by atoms with E-state index in [1.165, 1.54) is 12.1 Å². The molecule has 0 aliphatic heterocycles. The summed E-state index contributed by atoms with van der Waals surface area (Å²) in [6.07, 6.45) is -1.55. The second-order valence-electron chi connectivity index (χ2n) is 5.49. The van der Waals surface area contributed by atoms with E-state index in [1.807, 2.05) is 20.8 Å². The van der Waals surface area contributed by atoms with Crippen LogP contribution in [0.3, 0.4) is 0 Å². The molecule has 0 radical (unpaired) electrons. The van der Waals surface area contributed by atoms with E-state index in [0.717, 1.165) is 5.56 Å². The van der Waals surface area contributed by atoms with E-state index in [1.54, 1.807) is 12.1 Å². The third kappa shape index (κ3) is 6.55. The van der Waals surface area contributed by atoms with E-state index in [-0.39, 0.29) is 23.8 Å². The lowest BCUT2D eigenvalue weighted by Crippen LogP contribution is -2.23. The normalized spacial score (nSPS) is 13.1. The lowest BCUT2D eigenvalue weighted by molar-refractivity contribution is -0.147. The molecule has 6 nitrogen and oxygen atoms in total. The smallest absolute Gasteiger partial charge is 0.308 e. The highest BCUT2D eigenvalue weighted by molar-refractivity contribution is 7.86. The molecule has 0 amide bonds. The molecule has 0 saturated heterocycles. The van der Waals surface area contributed by atoms with Gasteiger partial charge in [0, 0.05) is 0 Å². The second kappa shape index (κ2) is 8.26. The first-order chi connectivity index (χ1) is 10.2. The molecule has 0 aromatic heterocycles. The summed E-state index contributed by atoms with van der Waals surface area (Å²) in [5, 5.41) is 9.65. The molecule has 0 saturated carbocycles. The number of hydrogen-bond donors (Lipinski definition) is 1. The van der Waals surface area contributed by atoms with Gasteiger partial charge in [0.25, 0.3) is 10.1 Å². The molecule has 1 aromatic rings. The molecule has 0 unspecified atom stereocenters. The maximum absolute atomic E-state index is 11.9. The van der Waals surface area contributed by atoms with E-state index in [4.69, 9.17) is 8.92 Å². The van der Waals surface area contributed by atoms with E-state index >= 15 is 0 Å². The Balaban J connectivity index is 2.47. The highest BCUT2D eigenvalue weighted by Gasteiger charge is 2.19. The van der Waals surface area contributed by atoms with Gasteiger partial charge in [-0.15, -0.1) is 0 Å². The van der Waals surface area contributed by atoms with Gasteiger partial charge < -0.3 is 9.84 Å². The minimum absolute atomic E-state index is 0.00712. The Labute approximate surface area is 131 Å². The van der Waals surface area contributed by atoms with Crippen LogP contribution in [-0.2, 0) is 23.8 Å². The number of aryl methyl sites for hydroxylation is 1. The van der Waals surface area contributed by atoms with Gasteiger partial charge in [-0.2, -0.15) is 8.42 Å². The van der Waals surface area contributed by atoms with Crippen molar-refractivity contribution in [2.75, 3.05) is 13.2 Å². The zero-order valence-electron chi connectivity index (χ0n) is 13.0. The molecule has 22 heavy (non-hydrogen) atoms. The monoisotopic (exact) mass is 330 g/mol. The van der Waals surface area contributed by atoms with Gasteiger partial charge >= 0.3 is 5.97 Å². The standard InChI is InChI=1S/C15H22O6S/c1-11(2)9-20-15(17)8-13(16)10-21-22(18,19)14-6-4-12(3)5-7-14/h4-7,11,13,16H,8-10H2,1-3H3/t13-/m0/s1. The van der Waals surface area contributed by atoms with E-state index in [0.29, 0.717) is 0 Å². The minimum atomic E-state index is -3.95. The van der Waals surface area contributed by atoms with Crippen LogP contribution in [0.1, 0.15) is 25.8 Å². The zero-order chi connectivity index (χ0) is 16.8. The number of rotatable bonds is 8. The first-order valence-electron chi connectivity index (χ1n) is 7.00. The summed E-state index contributed by atoms with van der Waals surface area (Å²) in [4.78, 5) is 11.4. The Morgan fingerprint density at radius 2 is 1.77 bits per heavy atom. The summed E-state index contributed by atoms with van der Waals surface area (Å²) < 4.78 is 33.5. The molecule has 0 fully saturated rings. The lowest BCUT2D eigenvalue weighted by Gasteiger charge is -2.12. The fraction of sp³-hybridized carbons (Fsp3) is 0.533. The maximum atomic E-state index is 11.9. The Hall–Kier alpha value is -1.44. The minimum Gasteiger partial charge on any atom is -0.465 e. The molecular weight excluding hydrogens is 308 g/mol. The van der Waals surface area contributed by atoms with Crippen LogP contribution in [0.2, 0.25) is 0 Å². The molecule has 1 atom stereocenters. The topological polar surface area (TPSA) is 89.9 Å². The molecule has 0 bridgehead atoms. The van der Waals surface area contributed by atoms with E-state index < -0.39 is 28.8 Å². The number of benzene rings is 1. The van der Waals surface area contributed by atoms with Gasteiger partial charge in [0.05, 0.1) is 30.6 Å². The molecule has 0 aliphatic carbocycles. The van der Waals surface area contributed by atoms with E-state index in [9.17, 15) is 18.3 Å². The Kier molecular flexibility index (Phi) is 6.99. The molecule has 124 valence electrons. The Morgan fingerprint density at radius 1 is 1.18 bits per heavy atom. The summed E-state index contributed by atoms with van der Waals surface area (Å²) >= 11 is 0. The van der Waals surface area contributed by atoms with Crippen molar-refractivity contribution in [3.8, 4) is 0 Å². The van der Waals surface area contributed by atoms with Gasteiger partial charge in [-0.25, -0.2) is 0 Å². The fourth-order valence-corrected chi connectivity index (χ4v) is 2.45. The van der Waals surface area contributed by atoms with Crippen molar-refractivity contribution in [1.82, 2.24) is 0 Å². The van der Waals surface area contributed by atoms with Crippen molar-refractivity contribution < 1.29 is 27.2 Å². The van der Waals surface area contributed by atoms with Crippen LogP contribution in [0.4, 0.5) is 0 Å². The molecule has 0 heterocycles. The van der Waals surface area contributed by atoms with Gasteiger partial charge in [-0.1, -0.05) is 31.5 Å². The van der Waals surface area contributed by atoms with Crippen molar-refractivity contribution in [3.05, 3.63) is 29.8 Å². The van der Waals surface area contributed by atoms with Crippen molar-refractivity contribution in [1.29, 1.82) is 0 Å². The lowest BCUT2D eigenvalue weighted by atomic mass is 10.2. The summed E-state index contributed by atoms with van der Waals surface area (Å²) in [7, 11) is -3.95. The average Bonchev–Trinajstić information content (AvgIpc) is 2.43. The number of aliphatic hydroxyl groups excluding tert-OH is 1. The van der Waals surface area contributed by atoms with Crippen molar-refractivity contribution >= 4 is 16.1 Å². The number of carbonyl (C=O) groups excluding carboxylic acids is 1. The zero-order valence-corrected chi connectivity index (χ0v) is 13.8. The Morgan fingerprint density at radius 3 is 2.32 bits per heavy atom. The van der Waals surface area contributed by atoms with Crippen LogP contribution >= 0.6 is 0 Å². The fourth-order valence-electron chi connectivity index (χ4n) is 1.51. The van der Waals surface area contributed by atoms with Gasteiger partial charge in [0.2, 0.25) is 0 Å². The highest BCUT2D eigenvalue weighted by atomic mass is 32.2. The molecular formula is C15H22O6S. The first kappa shape index (κ1) is 18.6. The molecule has 1 N–H and O–H groups in total. The largest absolute Gasteiger partial charge is 0.465 e. The van der Waals surface area contributed by atoms with E-state index in [2.05, 4.69) is 0 Å². The van der Waals surface area contributed by atoms with Crippen LogP contribution in [-0.4, -0.2) is 38.8 Å². The van der Waals surface area contributed by atoms with Gasteiger partial charge in [0.15, 0.2) is 0 Å². The number of aliphatic hydroxyl groups is 1. The van der Waals surface area contributed by atoms with Gasteiger partial charge in [-0.05, 0) is 25.0 Å². The van der Waals surface area contributed by atoms with Crippen LogP contribution < -0.4 is 0 Å². The first-order valence-corrected chi connectivity index (χ1v) is 8.41. The van der Waals surface area contributed by atoms with Crippen molar-refractivity contribution in [2.24, 2.45) is 5.92 Å². The quantitative estimate of drug-likeness (QED) is 0.576. The number of hydrogen-bond acceptors (Lipinski definition) is 6. The van der Waals surface area contributed by atoms with Gasteiger partial charge in [0.1, 0.15) is 0 Å². The molecule has 1 aromatic carbocycles. The average molecular weight is 330 g/mol. The number of carbonyl (C=O) groups is 1. The summed E-state index contributed by atoms with van der Waals surface area (Å²) in [6.45, 7) is 5.38. The Bertz CT molecular complexity index is 577. The van der Waals surface area contributed by atoms with Crippen molar-refractivity contribution in [2.45, 2.75) is 38.2 Å². The predicted octanol–water partition coefficient (Wildman–Crippen LogP) is 1.65.